The Labute approximate surface area is 205 Å². The number of nitrogens with zero attached hydrogens (tertiary/aromatic N) is 7. The van der Waals surface area contributed by atoms with Crippen molar-refractivity contribution in [3.05, 3.63) is 47.0 Å². The third-order valence-corrected chi connectivity index (χ3v) is 6.48. The van der Waals surface area contributed by atoms with E-state index in [9.17, 15) is 13.6 Å². The van der Waals surface area contributed by atoms with Crippen LogP contribution < -0.4 is 15.7 Å². The van der Waals surface area contributed by atoms with Crippen molar-refractivity contribution in [2.45, 2.75) is 19.5 Å². The molecule has 1 aliphatic carbocycles. The van der Waals surface area contributed by atoms with Gasteiger partial charge in [0.25, 0.3) is 11.9 Å². The molecular weight excluding hydrogens is 477 g/mol. The number of rotatable bonds is 6. The molecule has 1 amide bonds. The molecule has 2 aliphatic rings. The Morgan fingerprint density at radius 3 is 2.58 bits per heavy atom. The maximum absolute atomic E-state index is 15.3. The maximum Gasteiger partial charge on any atom is 0.365 e. The van der Waals surface area contributed by atoms with Gasteiger partial charge < -0.3 is 15.5 Å². The second kappa shape index (κ2) is 9.39. The molecule has 0 atom stereocenters. The number of nitrogens with two attached hydrogens (primary N) is 1. The third-order valence-electron chi connectivity index (χ3n) is 6.48. The second-order valence-corrected chi connectivity index (χ2v) is 8.79. The van der Waals surface area contributed by atoms with Crippen LogP contribution in [0.3, 0.4) is 0 Å². The van der Waals surface area contributed by atoms with E-state index in [0.29, 0.717) is 40.5 Å². The molecule has 3 aromatic rings. The zero-order valence-electron chi connectivity index (χ0n) is 19.8. The van der Waals surface area contributed by atoms with E-state index < -0.39 is 18.3 Å². The van der Waals surface area contributed by atoms with Gasteiger partial charge in [-0.05, 0) is 43.7 Å². The molecule has 2 aromatic heterocycles. The second-order valence-electron chi connectivity index (χ2n) is 8.79. The number of aryl methyl sites for hydroxylation is 2. The van der Waals surface area contributed by atoms with Crippen LogP contribution in [-0.2, 0) is 24.7 Å². The van der Waals surface area contributed by atoms with Crippen molar-refractivity contribution in [1.82, 2.24) is 24.6 Å². The van der Waals surface area contributed by atoms with Crippen molar-refractivity contribution in [2.75, 3.05) is 43.2 Å². The number of amides is 1. The summed E-state index contributed by atoms with van der Waals surface area (Å²) in [5.41, 5.74) is 8.24. The molecule has 1 aromatic carbocycles. The van der Waals surface area contributed by atoms with Gasteiger partial charge in [-0.15, -0.1) is 0 Å². The minimum absolute atomic E-state index is 0.129. The van der Waals surface area contributed by atoms with Crippen LogP contribution in [0.25, 0.3) is 11.4 Å². The molecule has 0 bridgehead atoms. The number of primary amides is 1. The Hall–Kier alpha value is -3.71. The van der Waals surface area contributed by atoms with Crippen LogP contribution in [-0.4, -0.2) is 70.4 Å². The van der Waals surface area contributed by atoms with E-state index in [1.807, 2.05) is 11.9 Å². The molecule has 190 valence electrons. The van der Waals surface area contributed by atoms with Gasteiger partial charge in [0.1, 0.15) is 5.69 Å². The van der Waals surface area contributed by atoms with Crippen LogP contribution in [0.2, 0.25) is 0 Å². The summed E-state index contributed by atoms with van der Waals surface area (Å²) in [6.07, 6.45) is 2.48. The van der Waals surface area contributed by atoms with Crippen LogP contribution in [0.5, 0.6) is 0 Å². The molecule has 10 nitrogen and oxygen atoms in total. The Balaban J connectivity index is 1.53. The Bertz CT molecular complexity index is 1310. The van der Waals surface area contributed by atoms with Crippen molar-refractivity contribution in [2.24, 2.45) is 12.8 Å². The lowest BCUT2D eigenvalue weighted by molar-refractivity contribution is -0.130. The summed E-state index contributed by atoms with van der Waals surface area (Å²) in [6.45, 7) is -0.141. The fraction of sp³-hybridized carbons (Fsp3) is 0.391. The Morgan fingerprint density at radius 2 is 1.92 bits per heavy atom. The lowest BCUT2D eigenvalue weighted by Gasteiger charge is -2.34. The number of likely N-dealkylation sites (N-methyl/N-ethyl adjacent to an activating group) is 1. The van der Waals surface area contributed by atoms with E-state index >= 15 is 4.39 Å². The largest absolute Gasteiger partial charge is 0.369 e. The molecular formula is C23H25F3N8O2. The van der Waals surface area contributed by atoms with Crippen molar-refractivity contribution in [3.8, 4) is 11.4 Å². The Kier molecular flexibility index (Phi) is 6.26. The number of alkyl halides is 2. The minimum Gasteiger partial charge on any atom is -0.369 e. The summed E-state index contributed by atoms with van der Waals surface area (Å²) in [6, 6.07) is 4.32. The zero-order valence-corrected chi connectivity index (χ0v) is 19.8. The van der Waals surface area contributed by atoms with Crippen LogP contribution >= 0.6 is 0 Å². The van der Waals surface area contributed by atoms with E-state index in [4.69, 9.17) is 5.73 Å². The number of anilines is 3. The van der Waals surface area contributed by atoms with Gasteiger partial charge in [0.15, 0.2) is 11.5 Å². The summed E-state index contributed by atoms with van der Waals surface area (Å²) in [5.74, 6) is -1.71. The molecule has 1 fully saturated rings. The van der Waals surface area contributed by atoms with E-state index in [1.54, 1.807) is 13.1 Å². The smallest absolute Gasteiger partial charge is 0.365 e. The highest BCUT2D eigenvalue weighted by molar-refractivity contribution is 5.94. The normalized spacial score (nSPS) is 15.7. The average Bonchev–Trinajstić information content (AvgIpc) is 3.20. The standard InChI is InChI=1S/C23H25F3N8O2/c1-31-7-9-33(10-8-31)14-4-6-17(16(24)11-14)34(36-22(25)26)23-28-12-13-3-5-15-19(21(27)35)30-32(2)20(15)18(13)29-23/h4,6,11-12,22H,3,5,7-10H2,1-2H3,(H2,27,35). The van der Waals surface area contributed by atoms with Crippen molar-refractivity contribution in [3.63, 3.8) is 0 Å². The summed E-state index contributed by atoms with van der Waals surface area (Å²) in [7, 11) is 3.65. The van der Waals surface area contributed by atoms with E-state index in [2.05, 4.69) is 24.8 Å². The highest BCUT2D eigenvalue weighted by Gasteiger charge is 2.30. The van der Waals surface area contributed by atoms with Gasteiger partial charge in [0.2, 0.25) is 0 Å². The number of piperazine rings is 1. The monoisotopic (exact) mass is 502 g/mol. The first-order valence-electron chi connectivity index (χ1n) is 11.4. The quantitative estimate of drug-likeness (QED) is 0.512. The van der Waals surface area contributed by atoms with Gasteiger partial charge in [0, 0.05) is 50.7 Å². The van der Waals surface area contributed by atoms with Gasteiger partial charge in [0.05, 0.1) is 11.4 Å². The van der Waals surface area contributed by atoms with Crippen molar-refractivity contribution >= 4 is 23.2 Å². The Morgan fingerprint density at radius 1 is 1.17 bits per heavy atom. The van der Waals surface area contributed by atoms with Crippen molar-refractivity contribution < 1.29 is 22.8 Å². The zero-order chi connectivity index (χ0) is 25.6. The van der Waals surface area contributed by atoms with Crippen molar-refractivity contribution in [1.29, 1.82) is 0 Å². The minimum atomic E-state index is -3.25. The first kappa shape index (κ1) is 24.0. The predicted molar refractivity (Wildman–Crippen MR) is 125 cm³/mol. The lowest BCUT2D eigenvalue weighted by Crippen LogP contribution is -2.44. The third kappa shape index (κ3) is 4.35. The number of benzene rings is 1. The molecule has 5 rings (SSSR count). The molecule has 0 unspecified atom stereocenters. The van der Waals surface area contributed by atoms with Crippen LogP contribution in [0.4, 0.5) is 30.5 Å². The average molecular weight is 503 g/mol. The summed E-state index contributed by atoms with van der Waals surface area (Å²) < 4.78 is 43.6. The fourth-order valence-electron chi connectivity index (χ4n) is 4.65. The number of carbonyl (C=O) groups excluding carboxylic acids is 1. The molecule has 1 aliphatic heterocycles. The van der Waals surface area contributed by atoms with E-state index in [1.165, 1.54) is 23.0 Å². The molecule has 13 heteroatoms. The number of hydrogen-bond acceptors (Lipinski definition) is 8. The highest BCUT2D eigenvalue weighted by atomic mass is 19.3. The molecule has 0 saturated carbocycles. The molecule has 36 heavy (non-hydrogen) atoms. The molecule has 1 saturated heterocycles. The number of carbonyl (C=O) groups is 1. The summed E-state index contributed by atoms with van der Waals surface area (Å²) in [4.78, 5) is 29.3. The summed E-state index contributed by atoms with van der Waals surface area (Å²) in [5, 5.41) is 4.78. The van der Waals surface area contributed by atoms with E-state index in [0.717, 1.165) is 31.7 Å². The van der Waals surface area contributed by atoms with Crippen LogP contribution in [0.15, 0.2) is 24.4 Å². The number of hydrogen-bond donors (Lipinski definition) is 1. The fourth-order valence-corrected chi connectivity index (χ4v) is 4.65. The highest BCUT2D eigenvalue weighted by Crippen LogP contribution is 2.36. The number of aromatic nitrogens is 4. The van der Waals surface area contributed by atoms with Crippen LogP contribution in [0.1, 0.15) is 21.6 Å². The molecule has 0 radical (unpaired) electrons. The molecule has 0 spiro atoms. The summed E-state index contributed by atoms with van der Waals surface area (Å²) >= 11 is 0. The van der Waals surface area contributed by atoms with Gasteiger partial charge in [-0.25, -0.2) is 14.4 Å². The van der Waals surface area contributed by atoms with E-state index in [-0.39, 0.29) is 17.3 Å². The topological polar surface area (TPSA) is 106 Å². The molecule has 2 N–H and O–H groups in total. The first-order chi connectivity index (χ1) is 17.2. The van der Waals surface area contributed by atoms with Crippen LogP contribution in [0, 0.1) is 5.82 Å². The van der Waals surface area contributed by atoms with Gasteiger partial charge in [-0.3, -0.25) is 9.48 Å². The van der Waals surface area contributed by atoms with Gasteiger partial charge >= 0.3 is 6.61 Å². The number of halogens is 3. The number of fused-ring (bicyclic) bond motifs is 3. The first-order valence-corrected chi connectivity index (χ1v) is 11.4. The van der Waals surface area contributed by atoms with Gasteiger partial charge in [-0.2, -0.15) is 23.8 Å². The lowest BCUT2D eigenvalue weighted by atomic mass is 9.93. The van der Waals surface area contributed by atoms with Gasteiger partial charge in [-0.1, -0.05) is 0 Å². The maximum atomic E-state index is 15.3. The molecule has 3 heterocycles. The SMILES string of the molecule is CN1CCN(c2ccc(N(OC(F)F)c3ncc4c(n3)-c3c(c(C(N)=O)nn3C)CC4)c(F)c2)CC1. The predicted octanol–water partition coefficient (Wildman–Crippen LogP) is 2.26.